The highest BCUT2D eigenvalue weighted by Crippen LogP contribution is 2.25. The first-order valence-electron chi connectivity index (χ1n) is 8.25. The van der Waals surface area contributed by atoms with Crippen molar-refractivity contribution in [2.75, 3.05) is 18.4 Å². The van der Waals surface area contributed by atoms with Crippen molar-refractivity contribution in [3.8, 4) is 0 Å². The summed E-state index contributed by atoms with van der Waals surface area (Å²) in [7, 11) is -3.76. The van der Waals surface area contributed by atoms with Gasteiger partial charge in [-0.1, -0.05) is 30.2 Å². The Labute approximate surface area is 156 Å². The van der Waals surface area contributed by atoms with E-state index in [1.165, 1.54) is 10.4 Å². The zero-order chi connectivity index (χ0) is 18.7. The number of carbonyl (C=O) groups excluding carboxylic acids is 1. The lowest BCUT2D eigenvalue weighted by atomic mass is 10.2. The second kappa shape index (κ2) is 7.73. The van der Waals surface area contributed by atoms with Gasteiger partial charge in [0.1, 0.15) is 5.82 Å². The summed E-state index contributed by atoms with van der Waals surface area (Å²) in [5, 5.41) is 2.81. The van der Waals surface area contributed by atoms with Gasteiger partial charge in [0.15, 0.2) is 0 Å². The Hall–Kier alpha value is -1.96. The highest BCUT2D eigenvalue weighted by atomic mass is 35.5. The first-order chi connectivity index (χ1) is 12.4. The van der Waals surface area contributed by atoms with Gasteiger partial charge in [0, 0.05) is 13.1 Å². The maximum absolute atomic E-state index is 14.2. The largest absolute Gasteiger partial charge is 0.321 e. The van der Waals surface area contributed by atoms with Crippen molar-refractivity contribution >= 4 is 33.2 Å². The van der Waals surface area contributed by atoms with Crippen LogP contribution in [0.25, 0.3) is 0 Å². The Morgan fingerprint density at radius 1 is 1.08 bits per heavy atom. The number of sulfonamides is 1. The molecule has 0 radical (unpaired) electrons. The average molecular weight is 397 g/mol. The molecule has 2 aromatic rings. The number of rotatable bonds is 4. The molecule has 5 nitrogen and oxygen atoms in total. The molecule has 138 valence electrons. The number of para-hydroxylation sites is 1. The fraction of sp³-hybridized carbons (Fsp3) is 0.278. The molecule has 1 saturated heterocycles. The van der Waals surface area contributed by atoms with Crippen LogP contribution in [0, 0.1) is 5.82 Å². The van der Waals surface area contributed by atoms with E-state index in [0.717, 1.165) is 31.4 Å². The van der Waals surface area contributed by atoms with Crippen LogP contribution in [0.2, 0.25) is 5.02 Å². The van der Waals surface area contributed by atoms with Crippen LogP contribution in [0.1, 0.15) is 29.6 Å². The van der Waals surface area contributed by atoms with Crippen LogP contribution >= 0.6 is 11.6 Å². The fourth-order valence-corrected chi connectivity index (χ4v) is 4.57. The van der Waals surface area contributed by atoms with Crippen LogP contribution in [-0.2, 0) is 10.0 Å². The van der Waals surface area contributed by atoms with Crippen molar-refractivity contribution < 1.29 is 17.6 Å². The molecule has 0 aromatic heterocycles. The summed E-state index contributed by atoms with van der Waals surface area (Å²) in [6.07, 6.45) is 2.57. The third-order valence-electron chi connectivity index (χ3n) is 4.26. The normalized spacial score (nSPS) is 15.6. The number of carbonyl (C=O) groups is 1. The predicted molar refractivity (Wildman–Crippen MR) is 98.4 cm³/mol. The maximum atomic E-state index is 14.2. The van der Waals surface area contributed by atoms with Gasteiger partial charge in [0.25, 0.3) is 5.91 Å². The Kier molecular flexibility index (Phi) is 5.60. The van der Waals surface area contributed by atoms with Crippen molar-refractivity contribution in [1.29, 1.82) is 0 Å². The van der Waals surface area contributed by atoms with Crippen molar-refractivity contribution in [1.82, 2.24) is 4.31 Å². The molecule has 0 spiro atoms. The zero-order valence-corrected chi connectivity index (χ0v) is 15.5. The Balaban J connectivity index is 1.90. The van der Waals surface area contributed by atoms with E-state index in [0.29, 0.717) is 23.8 Å². The minimum atomic E-state index is -3.76. The summed E-state index contributed by atoms with van der Waals surface area (Å²) in [6.45, 7) is 0.863. The molecule has 0 bridgehead atoms. The van der Waals surface area contributed by atoms with Gasteiger partial charge in [-0.15, -0.1) is 0 Å². The monoisotopic (exact) mass is 396 g/mol. The second-order valence-corrected chi connectivity index (χ2v) is 8.39. The van der Waals surface area contributed by atoms with E-state index < -0.39 is 21.7 Å². The summed E-state index contributed by atoms with van der Waals surface area (Å²) >= 11 is 5.99. The number of halogens is 2. The Morgan fingerprint density at radius 3 is 2.46 bits per heavy atom. The molecule has 26 heavy (non-hydrogen) atoms. The zero-order valence-electron chi connectivity index (χ0n) is 13.9. The van der Waals surface area contributed by atoms with Crippen LogP contribution in [0.5, 0.6) is 0 Å². The van der Waals surface area contributed by atoms with Crippen LogP contribution in [-0.4, -0.2) is 31.7 Å². The molecule has 1 N–H and O–H groups in total. The number of amides is 1. The molecule has 0 unspecified atom stereocenters. The van der Waals surface area contributed by atoms with Gasteiger partial charge in [-0.25, -0.2) is 12.8 Å². The summed E-state index contributed by atoms with van der Waals surface area (Å²) in [6, 6.07) is 9.80. The van der Waals surface area contributed by atoms with Gasteiger partial charge >= 0.3 is 0 Å². The number of hydrogen-bond acceptors (Lipinski definition) is 3. The number of benzene rings is 2. The van der Waals surface area contributed by atoms with Crippen molar-refractivity contribution in [2.45, 2.75) is 24.2 Å². The molecule has 1 aliphatic rings. The van der Waals surface area contributed by atoms with E-state index in [4.69, 9.17) is 11.6 Å². The first-order valence-corrected chi connectivity index (χ1v) is 10.1. The lowest BCUT2D eigenvalue weighted by Crippen LogP contribution is -2.35. The third-order valence-corrected chi connectivity index (χ3v) is 6.48. The van der Waals surface area contributed by atoms with E-state index in [2.05, 4.69) is 5.32 Å². The van der Waals surface area contributed by atoms with Gasteiger partial charge < -0.3 is 5.32 Å². The standard InChI is InChI=1S/C18H18ClFN2O3S/c19-15-6-2-3-7-17(15)21-18(23)14-12-13(8-9-16(14)20)26(24,25)22-10-4-1-5-11-22/h2-3,6-9,12H,1,4-5,10-11H2,(H,21,23). The van der Waals surface area contributed by atoms with Gasteiger partial charge in [-0.05, 0) is 43.2 Å². The highest BCUT2D eigenvalue weighted by Gasteiger charge is 2.27. The molecule has 1 amide bonds. The molecule has 1 fully saturated rings. The van der Waals surface area contributed by atoms with Gasteiger partial charge in [-0.2, -0.15) is 4.31 Å². The topological polar surface area (TPSA) is 66.5 Å². The number of nitrogens with zero attached hydrogens (tertiary/aromatic N) is 1. The van der Waals surface area contributed by atoms with E-state index >= 15 is 0 Å². The van der Waals surface area contributed by atoms with E-state index in [1.807, 2.05) is 0 Å². The molecule has 0 aliphatic carbocycles. The average Bonchev–Trinajstić information content (AvgIpc) is 2.64. The van der Waals surface area contributed by atoms with Crippen LogP contribution < -0.4 is 5.32 Å². The van der Waals surface area contributed by atoms with Crippen LogP contribution in [0.3, 0.4) is 0 Å². The Morgan fingerprint density at radius 2 is 1.77 bits per heavy atom. The molecule has 0 saturated carbocycles. The van der Waals surface area contributed by atoms with E-state index in [1.54, 1.807) is 24.3 Å². The molecule has 1 aliphatic heterocycles. The van der Waals surface area contributed by atoms with Gasteiger partial charge in [0.2, 0.25) is 10.0 Å². The summed E-state index contributed by atoms with van der Waals surface area (Å²) in [5.74, 6) is -1.56. The molecule has 0 atom stereocenters. The van der Waals surface area contributed by atoms with E-state index in [-0.39, 0.29) is 10.5 Å². The van der Waals surface area contributed by atoms with Crippen LogP contribution in [0.15, 0.2) is 47.4 Å². The molecule has 2 aromatic carbocycles. The minimum absolute atomic E-state index is 0.0925. The third kappa shape index (κ3) is 3.90. The van der Waals surface area contributed by atoms with Crippen molar-refractivity contribution in [3.05, 3.63) is 58.9 Å². The summed E-state index contributed by atoms with van der Waals surface area (Å²) in [4.78, 5) is 12.3. The number of hydrogen-bond donors (Lipinski definition) is 1. The SMILES string of the molecule is O=C(Nc1ccccc1Cl)c1cc(S(=O)(=O)N2CCCCC2)ccc1F. The lowest BCUT2D eigenvalue weighted by Gasteiger charge is -2.26. The van der Waals surface area contributed by atoms with Crippen LogP contribution in [0.4, 0.5) is 10.1 Å². The maximum Gasteiger partial charge on any atom is 0.258 e. The lowest BCUT2D eigenvalue weighted by molar-refractivity contribution is 0.102. The smallest absolute Gasteiger partial charge is 0.258 e. The Bertz CT molecular complexity index is 928. The molecular formula is C18H18ClFN2O3S. The number of piperidine rings is 1. The molecule has 8 heteroatoms. The summed E-state index contributed by atoms with van der Waals surface area (Å²) in [5.41, 5.74) is -0.0224. The second-order valence-electron chi connectivity index (χ2n) is 6.04. The molecular weight excluding hydrogens is 379 g/mol. The predicted octanol–water partition coefficient (Wildman–Crippen LogP) is 3.91. The number of anilines is 1. The quantitative estimate of drug-likeness (QED) is 0.852. The highest BCUT2D eigenvalue weighted by molar-refractivity contribution is 7.89. The molecule has 1 heterocycles. The first kappa shape index (κ1) is 18.8. The summed E-state index contributed by atoms with van der Waals surface area (Å²) < 4.78 is 41.0. The number of nitrogens with one attached hydrogen (secondary N) is 1. The van der Waals surface area contributed by atoms with Gasteiger partial charge in [0.05, 0.1) is 21.2 Å². The minimum Gasteiger partial charge on any atom is -0.321 e. The van der Waals surface area contributed by atoms with Crippen molar-refractivity contribution in [3.63, 3.8) is 0 Å². The molecule has 3 rings (SSSR count). The van der Waals surface area contributed by atoms with E-state index in [9.17, 15) is 17.6 Å². The van der Waals surface area contributed by atoms with Gasteiger partial charge in [-0.3, -0.25) is 4.79 Å². The van der Waals surface area contributed by atoms with Crippen molar-refractivity contribution in [2.24, 2.45) is 0 Å². The fourth-order valence-electron chi connectivity index (χ4n) is 2.85.